The number of rotatable bonds is 4. The Kier molecular flexibility index (Phi) is 4.17. The molecule has 7 heteroatoms. The number of hydrogen-bond acceptors (Lipinski definition) is 7. The zero-order valence-electron chi connectivity index (χ0n) is 11.5. The van der Waals surface area contributed by atoms with Crippen molar-refractivity contribution in [1.82, 2.24) is 25.1 Å². The molecule has 1 fully saturated rings. The van der Waals surface area contributed by atoms with Crippen LogP contribution in [0.5, 0.6) is 0 Å². The van der Waals surface area contributed by atoms with Crippen LogP contribution in [0, 0.1) is 5.92 Å². The highest BCUT2D eigenvalue weighted by Crippen LogP contribution is 2.21. The Labute approximate surface area is 122 Å². The van der Waals surface area contributed by atoms with E-state index in [1.54, 1.807) is 11.8 Å². The fourth-order valence-corrected chi connectivity index (χ4v) is 3.10. The molecule has 0 aromatic carbocycles. The maximum Gasteiger partial charge on any atom is 0.210 e. The van der Waals surface area contributed by atoms with Crippen molar-refractivity contribution in [2.24, 2.45) is 5.92 Å². The topological polar surface area (TPSA) is 66.8 Å². The van der Waals surface area contributed by atoms with Crippen molar-refractivity contribution >= 4 is 22.3 Å². The van der Waals surface area contributed by atoms with Gasteiger partial charge in [0.1, 0.15) is 17.7 Å². The van der Waals surface area contributed by atoms with Gasteiger partial charge in [-0.2, -0.15) is 0 Å². The molecular weight excluding hydrogens is 272 g/mol. The summed E-state index contributed by atoms with van der Waals surface area (Å²) in [6.45, 7) is 2.37. The lowest BCUT2D eigenvalue weighted by Gasteiger charge is -2.29. The van der Waals surface area contributed by atoms with Crippen molar-refractivity contribution < 1.29 is 0 Å². The molecule has 3 heterocycles. The molecule has 6 nitrogen and oxygen atoms in total. The number of nitrogens with zero attached hydrogens (tertiary/aromatic N) is 5. The summed E-state index contributed by atoms with van der Waals surface area (Å²) in [6.07, 6.45) is 5.19. The minimum Gasteiger partial charge on any atom is -0.315 e. The van der Waals surface area contributed by atoms with Gasteiger partial charge in [-0.05, 0) is 38.8 Å². The molecule has 0 aliphatic carbocycles. The number of nitrogens with one attached hydrogen (secondary N) is 1. The van der Waals surface area contributed by atoms with E-state index in [-0.39, 0.29) is 0 Å². The average Bonchev–Trinajstić information content (AvgIpc) is 2.92. The first kappa shape index (κ1) is 13.4. The fourth-order valence-electron chi connectivity index (χ4n) is 2.65. The van der Waals surface area contributed by atoms with E-state index in [0.717, 1.165) is 29.6 Å². The molecule has 0 spiro atoms. The van der Waals surface area contributed by atoms with Crippen LogP contribution in [0.1, 0.15) is 18.5 Å². The van der Waals surface area contributed by atoms with Crippen LogP contribution >= 0.6 is 11.3 Å². The van der Waals surface area contributed by atoms with Crippen molar-refractivity contribution in [2.45, 2.75) is 19.3 Å². The summed E-state index contributed by atoms with van der Waals surface area (Å²) in [5.41, 5.74) is 2.79. The fraction of sp³-hybridized carbons (Fsp3) is 0.538. The molecule has 1 aliphatic heterocycles. The van der Waals surface area contributed by atoms with Gasteiger partial charge in [0.25, 0.3) is 0 Å². The van der Waals surface area contributed by atoms with Crippen LogP contribution in [-0.2, 0) is 6.42 Å². The highest BCUT2D eigenvalue weighted by Gasteiger charge is 2.18. The highest BCUT2D eigenvalue weighted by molar-refractivity contribution is 7.13. The van der Waals surface area contributed by atoms with Crippen LogP contribution in [0.2, 0.25) is 0 Å². The Morgan fingerprint density at radius 1 is 1.45 bits per heavy atom. The second kappa shape index (κ2) is 6.23. The predicted octanol–water partition coefficient (Wildman–Crippen LogP) is 1.96. The van der Waals surface area contributed by atoms with E-state index in [0.29, 0.717) is 5.92 Å². The van der Waals surface area contributed by atoms with Crippen LogP contribution in [0.4, 0.5) is 10.9 Å². The molecule has 106 valence electrons. The molecule has 1 atom stereocenters. The molecule has 3 rings (SSSR count). The van der Waals surface area contributed by atoms with E-state index in [4.69, 9.17) is 0 Å². The minimum atomic E-state index is 0.693. The molecule has 2 aromatic heterocycles. The third kappa shape index (κ3) is 3.49. The third-order valence-electron chi connectivity index (χ3n) is 3.54. The van der Waals surface area contributed by atoms with Gasteiger partial charge in [-0.15, -0.1) is 10.2 Å². The normalized spacial score (nSPS) is 19.9. The second-order valence-corrected chi connectivity index (χ2v) is 6.07. The maximum atomic E-state index is 4.39. The molecule has 0 bridgehead atoms. The van der Waals surface area contributed by atoms with Gasteiger partial charge in [-0.25, -0.2) is 9.97 Å². The van der Waals surface area contributed by atoms with E-state index in [1.165, 1.54) is 30.7 Å². The average molecular weight is 290 g/mol. The number of aromatic nitrogens is 4. The van der Waals surface area contributed by atoms with E-state index in [2.05, 4.69) is 37.4 Å². The molecule has 1 saturated heterocycles. The van der Waals surface area contributed by atoms with Crippen LogP contribution in [0.3, 0.4) is 0 Å². The smallest absolute Gasteiger partial charge is 0.210 e. The van der Waals surface area contributed by atoms with Crippen LogP contribution in [0.15, 0.2) is 17.9 Å². The van der Waals surface area contributed by atoms with Crippen molar-refractivity contribution in [2.75, 3.05) is 25.5 Å². The SMILES string of the molecule is CN1CCCC(Cc2cc(Nc3nncs3)ncn2)C1. The molecule has 1 unspecified atom stereocenters. The van der Waals surface area contributed by atoms with Gasteiger partial charge < -0.3 is 10.2 Å². The molecule has 1 N–H and O–H groups in total. The Morgan fingerprint density at radius 3 is 3.20 bits per heavy atom. The Balaban J connectivity index is 1.65. The first-order chi connectivity index (χ1) is 9.79. The van der Waals surface area contributed by atoms with Gasteiger partial charge >= 0.3 is 0 Å². The summed E-state index contributed by atoms with van der Waals surface area (Å²) >= 11 is 1.46. The van der Waals surface area contributed by atoms with Gasteiger partial charge in [0, 0.05) is 18.3 Å². The predicted molar refractivity (Wildman–Crippen MR) is 79.1 cm³/mol. The Morgan fingerprint density at radius 2 is 2.40 bits per heavy atom. The number of piperidine rings is 1. The van der Waals surface area contributed by atoms with Gasteiger partial charge in [-0.3, -0.25) is 0 Å². The molecule has 0 saturated carbocycles. The van der Waals surface area contributed by atoms with Gasteiger partial charge in [0.15, 0.2) is 0 Å². The first-order valence-corrected chi connectivity index (χ1v) is 7.70. The first-order valence-electron chi connectivity index (χ1n) is 6.82. The Hall–Kier alpha value is -1.60. The number of hydrogen-bond donors (Lipinski definition) is 1. The summed E-state index contributed by atoms with van der Waals surface area (Å²) in [5.74, 6) is 1.48. The van der Waals surface area contributed by atoms with E-state index < -0.39 is 0 Å². The molecule has 0 radical (unpaired) electrons. The quantitative estimate of drug-likeness (QED) is 0.928. The molecule has 0 amide bonds. The highest BCUT2D eigenvalue weighted by atomic mass is 32.1. The molecule has 20 heavy (non-hydrogen) atoms. The number of anilines is 2. The lowest BCUT2D eigenvalue weighted by atomic mass is 9.93. The molecular formula is C13H18N6S. The largest absolute Gasteiger partial charge is 0.315 e. The molecule has 2 aromatic rings. The standard InChI is InChI=1S/C13H18N6S/c1-19-4-2-3-10(7-19)5-11-6-12(15-8-14-11)17-13-18-16-9-20-13/h6,8-10H,2-5,7H2,1H3,(H,14,15,17,18). The zero-order valence-corrected chi connectivity index (χ0v) is 12.3. The minimum absolute atomic E-state index is 0.693. The van der Waals surface area contributed by atoms with E-state index in [1.807, 2.05) is 6.07 Å². The summed E-state index contributed by atoms with van der Waals surface area (Å²) in [7, 11) is 2.19. The van der Waals surface area contributed by atoms with Gasteiger partial charge in [0.2, 0.25) is 5.13 Å². The summed E-state index contributed by atoms with van der Waals surface area (Å²) in [6, 6.07) is 2.01. The van der Waals surface area contributed by atoms with Crippen molar-refractivity contribution in [3.63, 3.8) is 0 Å². The van der Waals surface area contributed by atoms with Crippen molar-refractivity contribution in [3.05, 3.63) is 23.6 Å². The lowest BCUT2D eigenvalue weighted by molar-refractivity contribution is 0.208. The van der Waals surface area contributed by atoms with Gasteiger partial charge in [-0.1, -0.05) is 11.3 Å². The number of likely N-dealkylation sites (tertiary alicyclic amines) is 1. The Bertz CT molecular complexity index is 544. The van der Waals surface area contributed by atoms with Crippen LogP contribution in [0.25, 0.3) is 0 Å². The monoisotopic (exact) mass is 290 g/mol. The molecule has 1 aliphatic rings. The van der Waals surface area contributed by atoms with E-state index in [9.17, 15) is 0 Å². The van der Waals surface area contributed by atoms with E-state index >= 15 is 0 Å². The van der Waals surface area contributed by atoms with Crippen LogP contribution in [-0.4, -0.2) is 45.2 Å². The van der Waals surface area contributed by atoms with Crippen molar-refractivity contribution in [3.8, 4) is 0 Å². The maximum absolute atomic E-state index is 4.39. The van der Waals surface area contributed by atoms with Gasteiger partial charge in [0.05, 0.1) is 0 Å². The zero-order chi connectivity index (χ0) is 13.8. The summed E-state index contributed by atoms with van der Waals surface area (Å²) < 4.78 is 0. The second-order valence-electron chi connectivity index (χ2n) is 5.24. The summed E-state index contributed by atoms with van der Waals surface area (Å²) in [5, 5.41) is 11.7. The summed E-state index contributed by atoms with van der Waals surface area (Å²) in [4.78, 5) is 11.0. The lowest BCUT2D eigenvalue weighted by Crippen LogP contribution is -2.33. The van der Waals surface area contributed by atoms with Crippen molar-refractivity contribution in [1.29, 1.82) is 0 Å². The third-order valence-corrected chi connectivity index (χ3v) is 4.15. The van der Waals surface area contributed by atoms with Crippen LogP contribution < -0.4 is 5.32 Å².